The molecule has 5 rings (SSSR count). The number of nitrogens with zero attached hydrogens (tertiary/aromatic N) is 5. The van der Waals surface area contributed by atoms with Crippen molar-refractivity contribution in [3.8, 4) is 11.8 Å². The zero-order valence-electron chi connectivity index (χ0n) is 21.9. The molecule has 5 heterocycles. The van der Waals surface area contributed by atoms with Crippen molar-refractivity contribution in [3.05, 3.63) is 40.7 Å². The fraction of sp³-hybridized carbons (Fsp3) is 0.481. The van der Waals surface area contributed by atoms with E-state index in [0.717, 1.165) is 12.0 Å². The lowest BCUT2D eigenvalue weighted by molar-refractivity contribution is -0.131. The molecular weight excluding hydrogens is 504 g/mol. The number of pyridine rings is 2. The van der Waals surface area contributed by atoms with Crippen LogP contribution in [0, 0.1) is 17.2 Å². The minimum Gasteiger partial charge on any atom is -0.484 e. The molecule has 0 bridgehead atoms. The number of hydrogen-bond acceptors (Lipinski definition) is 9. The Morgan fingerprint density at radius 3 is 2.85 bits per heavy atom. The van der Waals surface area contributed by atoms with Gasteiger partial charge in [0.1, 0.15) is 40.8 Å². The summed E-state index contributed by atoms with van der Waals surface area (Å²) in [6.07, 6.45) is 3.51. The highest BCUT2D eigenvalue weighted by atomic mass is 16.6. The van der Waals surface area contributed by atoms with Gasteiger partial charge in [0, 0.05) is 44.3 Å². The average molecular weight is 535 g/mol. The van der Waals surface area contributed by atoms with Crippen molar-refractivity contribution in [1.29, 1.82) is 5.26 Å². The van der Waals surface area contributed by atoms with Gasteiger partial charge in [-0.2, -0.15) is 5.26 Å². The maximum Gasteiger partial charge on any atom is 0.328 e. The first-order chi connectivity index (χ1) is 18.9. The van der Waals surface area contributed by atoms with E-state index >= 15 is 0 Å². The summed E-state index contributed by atoms with van der Waals surface area (Å²) in [5, 5.41) is 12.3. The zero-order chi connectivity index (χ0) is 27.5. The number of anilines is 2. The van der Waals surface area contributed by atoms with Crippen LogP contribution in [0.25, 0.3) is 0 Å². The molecule has 0 aromatic carbocycles. The third kappa shape index (κ3) is 5.41. The quantitative estimate of drug-likeness (QED) is 0.529. The molecule has 3 atom stereocenters. The summed E-state index contributed by atoms with van der Waals surface area (Å²) >= 11 is 0. The molecule has 12 heteroatoms. The van der Waals surface area contributed by atoms with Crippen molar-refractivity contribution in [1.82, 2.24) is 14.9 Å². The van der Waals surface area contributed by atoms with Crippen molar-refractivity contribution < 1.29 is 28.6 Å². The number of carbonyl (C=O) groups is 3. The molecule has 39 heavy (non-hydrogen) atoms. The molecule has 2 saturated heterocycles. The standard InChI is InChI=1S/C27H30N6O6/c1-16-5-7-32(26(16)35)12-18-8-17-4-3-6-33(25(17)30-20(18)13-34)27(36)31-24-9-21(19(10-28)11-29-24)39-23-15-38-14-22(23)37-2/h8-9,11,13,16,22-23H,3-7,12,14-15H2,1-2H3,(H,29,31,36)/t16?,22-,23-/m1/s1. The van der Waals surface area contributed by atoms with E-state index in [-0.39, 0.29) is 40.8 Å². The fourth-order valence-electron chi connectivity index (χ4n) is 5.11. The number of nitriles is 1. The molecular formula is C27H30N6O6. The van der Waals surface area contributed by atoms with Crippen LogP contribution in [0.5, 0.6) is 5.75 Å². The summed E-state index contributed by atoms with van der Waals surface area (Å²) in [5.74, 6) is 0.909. The number of urea groups is 1. The molecule has 12 nitrogen and oxygen atoms in total. The first-order valence-corrected chi connectivity index (χ1v) is 12.9. The van der Waals surface area contributed by atoms with Crippen molar-refractivity contribution in [2.24, 2.45) is 5.92 Å². The number of rotatable bonds is 7. The summed E-state index contributed by atoms with van der Waals surface area (Å²) in [7, 11) is 1.56. The topological polar surface area (TPSA) is 147 Å². The van der Waals surface area contributed by atoms with E-state index in [4.69, 9.17) is 14.2 Å². The Morgan fingerprint density at radius 2 is 2.13 bits per heavy atom. The highest BCUT2D eigenvalue weighted by Crippen LogP contribution is 2.30. The van der Waals surface area contributed by atoms with Crippen molar-refractivity contribution in [2.45, 2.75) is 44.9 Å². The van der Waals surface area contributed by atoms with Gasteiger partial charge in [-0.3, -0.25) is 19.8 Å². The zero-order valence-corrected chi connectivity index (χ0v) is 21.9. The van der Waals surface area contributed by atoms with Crippen molar-refractivity contribution in [3.63, 3.8) is 0 Å². The normalized spacial score (nSPS) is 22.4. The molecule has 2 fully saturated rings. The smallest absolute Gasteiger partial charge is 0.328 e. The average Bonchev–Trinajstić information content (AvgIpc) is 3.53. The van der Waals surface area contributed by atoms with E-state index in [2.05, 4.69) is 15.3 Å². The van der Waals surface area contributed by atoms with Crippen LogP contribution >= 0.6 is 0 Å². The molecule has 1 N–H and O–H groups in total. The number of fused-ring (bicyclic) bond motifs is 1. The van der Waals surface area contributed by atoms with Gasteiger partial charge >= 0.3 is 6.03 Å². The SMILES string of the molecule is CO[C@@H]1COC[C@H]1Oc1cc(NC(=O)N2CCCc3cc(CN4CCC(C)C4=O)c(C=O)nc32)ncc1C#N. The summed E-state index contributed by atoms with van der Waals surface area (Å²) in [6.45, 7) is 3.97. The molecule has 1 unspecified atom stereocenters. The number of carbonyl (C=O) groups excluding carboxylic acids is 3. The van der Waals surface area contributed by atoms with E-state index in [1.165, 1.54) is 17.2 Å². The first kappa shape index (κ1) is 26.5. The predicted molar refractivity (Wildman–Crippen MR) is 138 cm³/mol. The van der Waals surface area contributed by atoms with Gasteiger partial charge in [0.05, 0.1) is 19.4 Å². The summed E-state index contributed by atoms with van der Waals surface area (Å²) in [6, 6.07) is 4.95. The van der Waals surface area contributed by atoms with Crippen LogP contribution in [0.1, 0.15) is 46.9 Å². The van der Waals surface area contributed by atoms with Crippen LogP contribution < -0.4 is 15.0 Å². The molecule has 0 saturated carbocycles. The Kier molecular flexibility index (Phi) is 7.72. The van der Waals surface area contributed by atoms with Crippen LogP contribution in [0.2, 0.25) is 0 Å². The van der Waals surface area contributed by atoms with Crippen LogP contribution in [0.4, 0.5) is 16.4 Å². The predicted octanol–water partition coefficient (Wildman–Crippen LogP) is 2.31. The number of methoxy groups -OCH3 is 1. The second-order valence-corrected chi connectivity index (χ2v) is 9.91. The monoisotopic (exact) mass is 534 g/mol. The second-order valence-electron chi connectivity index (χ2n) is 9.91. The number of amides is 3. The van der Waals surface area contributed by atoms with Gasteiger partial charge in [0.15, 0.2) is 12.4 Å². The van der Waals surface area contributed by atoms with E-state index in [9.17, 15) is 19.6 Å². The number of aromatic nitrogens is 2. The molecule has 3 aliphatic rings. The van der Waals surface area contributed by atoms with E-state index < -0.39 is 12.1 Å². The van der Waals surface area contributed by atoms with Gasteiger partial charge < -0.3 is 19.1 Å². The summed E-state index contributed by atoms with van der Waals surface area (Å²) in [5.41, 5.74) is 1.93. The fourth-order valence-corrected chi connectivity index (χ4v) is 5.11. The molecule has 0 spiro atoms. The Morgan fingerprint density at radius 1 is 1.31 bits per heavy atom. The van der Waals surface area contributed by atoms with Gasteiger partial charge in [-0.15, -0.1) is 0 Å². The maximum atomic E-state index is 13.3. The molecule has 3 aliphatic heterocycles. The Labute approximate surface area is 225 Å². The van der Waals surface area contributed by atoms with Crippen LogP contribution in [-0.4, -0.2) is 78.7 Å². The van der Waals surface area contributed by atoms with Crippen LogP contribution in [0.3, 0.4) is 0 Å². The van der Waals surface area contributed by atoms with Gasteiger partial charge in [-0.25, -0.2) is 14.8 Å². The highest BCUT2D eigenvalue weighted by molar-refractivity contribution is 6.01. The van der Waals surface area contributed by atoms with Crippen LogP contribution in [0.15, 0.2) is 18.3 Å². The van der Waals surface area contributed by atoms with E-state index in [0.29, 0.717) is 63.4 Å². The van der Waals surface area contributed by atoms with Crippen molar-refractivity contribution in [2.75, 3.05) is 43.6 Å². The summed E-state index contributed by atoms with van der Waals surface area (Å²) < 4.78 is 16.8. The highest BCUT2D eigenvalue weighted by Gasteiger charge is 2.32. The Hall–Kier alpha value is -4.08. The Balaban J connectivity index is 1.35. The third-order valence-corrected chi connectivity index (χ3v) is 7.34. The lowest BCUT2D eigenvalue weighted by Gasteiger charge is -2.29. The number of likely N-dealkylation sites (tertiary alicyclic amines) is 1. The molecule has 204 valence electrons. The van der Waals surface area contributed by atoms with Crippen molar-refractivity contribution >= 4 is 29.9 Å². The number of aldehydes is 1. The number of ether oxygens (including phenoxy) is 3. The van der Waals surface area contributed by atoms with Gasteiger partial charge in [0.2, 0.25) is 5.91 Å². The first-order valence-electron chi connectivity index (χ1n) is 12.9. The van der Waals surface area contributed by atoms with Gasteiger partial charge in [-0.05, 0) is 30.9 Å². The van der Waals surface area contributed by atoms with Gasteiger partial charge in [0.25, 0.3) is 0 Å². The van der Waals surface area contributed by atoms with Crippen LogP contribution in [-0.2, 0) is 27.2 Å². The van der Waals surface area contributed by atoms with E-state index in [1.807, 2.05) is 19.1 Å². The Bertz CT molecular complexity index is 1330. The minimum atomic E-state index is -0.473. The van der Waals surface area contributed by atoms with Gasteiger partial charge in [-0.1, -0.05) is 6.92 Å². The second kappa shape index (κ2) is 11.3. The van der Waals surface area contributed by atoms with E-state index in [1.54, 1.807) is 12.0 Å². The lowest BCUT2D eigenvalue weighted by atomic mass is 10.0. The molecule has 0 radical (unpaired) electrons. The largest absolute Gasteiger partial charge is 0.484 e. The maximum absolute atomic E-state index is 13.3. The lowest BCUT2D eigenvalue weighted by Crippen LogP contribution is -2.40. The summed E-state index contributed by atoms with van der Waals surface area (Å²) in [4.78, 5) is 49.6. The molecule has 3 amide bonds. The molecule has 2 aromatic heterocycles. The minimum absolute atomic E-state index is 0.0240. The molecule has 2 aromatic rings. The third-order valence-electron chi connectivity index (χ3n) is 7.34. The number of nitrogens with one attached hydrogen (secondary N) is 1. The number of hydrogen-bond donors (Lipinski definition) is 1. The molecule has 0 aliphatic carbocycles. The number of aryl methyl sites for hydroxylation is 1.